The number of piperazine rings is 1. The second kappa shape index (κ2) is 7.49. The van der Waals surface area contributed by atoms with Gasteiger partial charge in [0.15, 0.2) is 0 Å². The molecule has 1 saturated heterocycles. The van der Waals surface area contributed by atoms with Crippen molar-refractivity contribution in [2.24, 2.45) is 0 Å². The molecular formula is C18H25N5O. The van der Waals surface area contributed by atoms with E-state index in [0.29, 0.717) is 0 Å². The van der Waals surface area contributed by atoms with E-state index >= 15 is 0 Å². The third-order valence-corrected chi connectivity index (χ3v) is 4.34. The molecule has 0 amide bonds. The lowest BCUT2D eigenvalue weighted by atomic mass is 10.3. The van der Waals surface area contributed by atoms with Gasteiger partial charge < -0.3 is 19.9 Å². The van der Waals surface area contributed by atoms with Crippen LogP contribution < -0.4 is 15.0 Å². The van der Waals surface area contributed by atoms with E-state index in [9.17, 15) is 0 Å². The minimum atomic E-state index is 0.766. The SMILES string of the molecule is CCN1CCN(c2cc(Nc3ccccc3OC)nc(C)n2)CC1. The van der Waals surface area contributed by atoms with Crippen molar-refractivity contribution in [2.45, 2.75) is 13.8 Å². The Morgan fingerprint density at radius 1 is 1.12 bits per heavy atom. The van der Waals surface area contributed by atoms with Gasteiger partial charge in [0.25, 0.3) is 0 Å². The first-order chi connectivity index (χ1) is 11.7. The number of benzene rings is 1. The minimum Gasteiger partial charge on any atom is -0.495 e. The average Bonchev–Trinajstić information content (AvgIpc) is 2.62. The molecule has 0 radical (unpaired) electrons. The number of hydrogen-bond donors (Lipinski definition) is 1. The Morgan fingerprint density at radius 3 is 2.58 bits per heavy atom. The molecule has 0 unspecified atom stereocenters. The van der Waals surface area contributed by atoms with Crippen molar-refractivity contribution >= 4 is 17.3 Å². The first kappa shape index (κ1) is 16.5. The zero-order valence-corrected chi connectivity index (χ0v) is 14.6. The van der Waals surface area contributed by atoms with Crippen LogP contribution in [0, 0.1) is 6.92 Å². The van der Waals surface area contributed by atoms with Gasteiger partial charge in [-0.05, 0) is 25.6 Å². The molecule has 2 heterocycles. The fraction of sp³-hybridized carbons (Fsp3) is 0.444. The Balaban J connectivity index is 1.79. The van der Waals surface area contributed by atoms with Gasteiger partial charge in [0.2, 0.25) is 0 Å². The van der Waals surface area contributed by atoms with Crippen molar-refractivity contribution in [1.82, 2.24) is 14.9 Å². The lowest BCUT2D eigenvalue weighted by Gasteiger charge is -2.34. The fourth-order valence-corrected chi connectivity index (χ4v) is 2.96. The predicted octanol–water partition coefficient (Wildman–Crippen LogP) is 2.68. The Hall–Kier alpha value is -2.34. The summed E-state index contributed by atoms with van der Waals surface area (Å²) >= 11 is 0. The third kappa shape index (κ3) is 3.76. The van der Waals surface area contributed by atoms with Gasteiger partial charge in [-0.15, -0.1) is 0 Å². The number of para-hydroxylation sites is 2. The Kier molecular flexibility index (Phi) is 5.15. The van der Waals surface area contributed by atoms with Gasteiger partial charge >= 0.3 is 0 Å². The minimum absolute atomic E-state index is 0.766. The highest BCUT2D eigenvalue weighted by Crippen LogP contribution is 2.27. The molecule has 6 heteroatoms. The van der Waals surface area contributed by atoms with Gasteiger partial charge in [-0.1, -0.05) is 19.1 Å². The molecule has 128 valence electrons. The molecule has 0 aliphatic carbocycles. The number of methoxy groups -OCH3 is 1. The average molecular weight is 327 g/mol. The molecule has 0 bridgehead atoms. The van der Waals surface area contributed by atoms with Crippen LogP contribution >= 0.6 is 0 Å². The Labute approximate surface area is 143 Å². The third-order valence-electron chi connectivity index (χ3n) is 4.34. The lowest BCUT2D eigenvalue weighted by molar-refractivity contribution is 0.270. The maximum absolute atomic E-state index is 5.40. The molecule has 1 N–H and O–H groups in total. The van der Waals surface area contributed by atoms with E-state index in [4.69, 9.17) is 4.74 Å². The Bertz CT molecular complexity index is 683. The molecule has 1 fully saturated rings. The summed E-state index contributed by atoms with van der Waals surface area (Å²) in [5, 5.41) is 3.35. The lowest BCUT2D eigenvalue weighted by Crippen LogP contribution is -2.46. The molecule has 6 nitrogen and oxygen atoms in total. The molecule has 24 heavy (non-hydrogen) atoms. The van der Waals surface area contributed by atoms with Gasteiger partial charge in [0.1, 0.15) is 23.2 Å². The summed E-state index contributed by atoms with van der Waals surface area (Å²) in [6.07, 6.45) is 0. The summed E-state index contributed by atoms with van der Waals surface area (Å²) in [7, 11) is 1.67. The van der Waals surface area contributed by atoms with E-state index in [2.05, 4.69) is 32.0 Å². The number of nitrogens with zero attached hydrogens (tertiary/aromatic N) is 4. The summed E-state index contributed by atoms with van der Waals surface area (Å²) in [5.41, 5.74) is 0.903. The van der Waals surface area contributed by atoms with Gasteiger partial charge in [-0.2, -0.15) is 0 Å². The smallest absolute Gasteiger partial charge is 0.142 e. The quantitative estimate of drug-likeness (QED) is 0.911. The molecule has 0 saturated carbocycles. The highest BCUT2D eigenvalue weighted by atomic mass is 16.5. The van der Waals surface area contributed by atoms with E-state index in [-0.39, 0.29) is 0 Å². The molecule has 0 spiro atoms. The molecule has 0 atom stereocenters. The number of aromatic nitrogens is 2. The molecule has 1 aromatic heterocycles. The summed E-state index contributed by atoms with van der Waals surface area (Å²) in [6.45, 7) is 9.40. The van der Waals surface area contributed by atoms with Gasteiger partial charge in [-0.25, -0.2) is 9.97 Å². The van der Waals surface area contributed by atoms with E-state index in [0.717, 1.165) is 61.6 Å². The zero-order chi connectivity index (χ0) is 16.9. The van der Waals surface area contributed by atoms with Crippen LogP contribution in [0.1, 0.15) is 12.7 Å². The molecule has 1 aromatic carbocycles. The van der Waals surface area contributed by atoms with Crippen LogP contribution in [0.2, 0.25) is 0 Å². The van der Waals surface area contributed by atoms with Crippen LogP contribution in [-0.2, 0) is 0 Å². The van der Waals surface area contributed by atoms with E-state index in [1.54, 1.807) is 7.11 Å². The van der Waals surface area contributed by atoms with Crippen molar-refractivity contribution < 1.29 is 4.74 Å². The van der Waals surface area contributed by atoms with Crippen molar-refractivity contribution in [3.05, 3.63) is 36.2 Å². The van der Waals surface area contributed by atoms with Crippen LogP contribution in [0.25, 0.3) is 0 Å². The van der Waals surface area contributed by atoms with E-state index in [1.165, 1.54) is 0 Å². The molecule has 3 rings (SSSR count). The van der Waals surface area contributed by atoms with Crippen LogP contribution in [-0.4, -0.2) is 54.7 Å². The van der Waals surface area contributed by atoms with Crippen LogP contribution in [0.3, 0.4) is 0 Å². The van der Waals surface area contributed by atoms with Crippen LogP contribution in [0.15, 0.2) is 30.3 Å². The van der Waals surface area contributed by atoms with Crippen LogP contribution in [0.4, 0.5) is 17.3 Å². The summed E-state index contributed by atoms with van der Waals surface area (Å²) in [6, 6.07) is 9.86. The van der Waals surface area contributed by atoms with Gasteiger partial charge in [0.05, 0.1) is 12.8 Å². The fourth-order valence-electron chi connectivity index (χ4n) is 2.96. The van der Waals surface area contributed by atoms with Crippen molar-refractivity contribution in [3.8, 4) is 5.75 Å². The Morgan fingerprint density at radius 2 is 1.88 bits per heavy atom. The number of ether oxygens (including phenoxy) is 1. The largest absolute Gasteiger partial charge is 0.495 e. The summed E-state index contributed by atoms with van der Waals surface area (Å²) < 4.78 is 5.40. The highest BCUT2D eigenvalue weighted by molar-refractivity contribution is 5.65. The second-order valence-corrected chi connectivity index (χ2v) is 5.91. The summed E-state index contributed by atoms with van der Waals surface area (Å²) in [4.78, 5) is 13.9. The zero-order valence-electron chi connectivity index (χ0n) is 14.6. The normalized spacial score (nSPS) is 15.4. The first-order valence-electron chi connectivity index (χ1n) is 8.42. The molecule has 1 aliphatic heterocycles. The maximum Gasteiger partial charge on any atom is 0.142 e. The van der Waals surface area contributed by atoms with Crippen LogP contribution in [0.5, 0.6) is 5.75 Å². The number of hydrogen-bond acceptors (Lipinski definition) is 6. The van der Waals surface area contributed by atoms with Crippen molar-refractivity contribution in [3.63, 3.8) is 0 Å². The maximum atomic E-state index is 5.40. The van der Waals surface area contributed by atoms with Crippen molar-refractivity contribution in [2.75, 3.05) is 50.1 Å². The van der Waals surface area contributed by atoms with Crippen molar-refractivity contribution in [1.29, 1.82) is 0 Å². The first-order valence-corrected chi connectivity index (χ1v) is 8.42. The number of anilines is 3. The standard InChI is InChI=1S/C18H25N5O/c1-4-22-9-11-23(12-10-22)18-13-17(19-14(2)20-18)21-15-7-5-6-8-16(15)24-3/h5-8,13H,4,9-12H2,1-3H3,(H,19,20,21). The number of rotatable bonds is 5. The monoisotopic (exact) mass is 327 g/mol. The predicted molar refractivity (Wildman–Crippen MR) is 97.4 cm³/mol. The second-order valence-electron chi connectivity index (χ2n) is 5.91. The number of aryl methyl sites for hydroxylation is 1. The van der Waals surface area contributed by atoms with E-state index in [1.807, 2.05) is 37.3 Å². The topological polar surface area (TPSA) is 53.5 Å². The molecule has 1 aliphatic rings. The van der Waals surface area contributed by atoms with Gasteiger partial charge in [0, 0.05) is 32.2 Å². The number of likely N-dealkylation sites (N-methyl/N-ethyl adjacent to an activating group) is 1. The highest BCUT2D eigenvalue weighted by Gasteiger charge is 2.18. The van der Waals surface area contributed by atoms with Gasteiger partial charge in [-0.3, -0.25) is 0 Å². The molecular weight excluding hydrogens is 302 g/mol. The number of nitrogens with one attached hydrogen (secondary N) is 1. The summed E-state index contributed by atoms with van der Waals surface area (Å²) in [5.74, 6) is 3.34. The molecule has 2 aromatic rings. The van der Waals surface area contributed by atoms with E-state index < -0.39 is 0 Å².